The zero-order valence-corrected chi connectivity index (χ0v) is 7.92. The van der Waals surface area contributed by atoms with Crippen molar-refractivity contribution in [2.75, 3.05) is 0 Å². The van der Waals surface area contributed by atoms with Crippen molar-refractivity contribution in [2.24, 2.45) is 5.16 Å². The third-order valence-corrected chi connectivity index (χ3v) is 1.70. The first-order chi connectivity index (χ1) is 4.09. The number of rotatable bonds is 2. The van der Waals surface area contributed by atoms with Crippen LogP contribution in [-0.2, 0) is 0 Å². The monoisotopic (exact) mass is 201 g/mol. The molecule has 0 heterocycles. The smallest absolute Gasteiger partial charge is 0.102 e. The van der Waals surface area contributed by atoms with Gasteiger partial charge in [-0.25, -0.2) is 0 Å². The van der Waals surface area contributed by atoms with E-state index in [1.807, 2.05) is 0 Å². The molecule has 0 fully saturated rings. The Bertz CT molecular complexity index is 102. The van der Waals surface area contributed by atoms with Crippen LogP contribution in [-0.4, -0.2) is 20.1 Å². The molecule has 0 saturated carbocycles. The van der Waals surface area contributed by atoms with E-state index in [4.69, 9.17) is 5.21 Å². The van der Waals surface area contributed by atoms with Gasteiger partial charge in [-0.3, -0.25) is 0 Å². The summed E-state index contributed by atoms with van der Waals surface area (Å²) in [6, 6.07) is 0. The summed E-state index contributed by atoms with van der Waals surface area (Å²) in [6.45, 7) is 0. The summed E-state index contributed by atoms with van der Waals surface area (Å²) in [7, 11) is 0. The van der Waals surface area contributed by atoms with Gasteiger partial charge in [0, 0.05) is 0 Å². The summed E-state index contributed by atoms with van der Waals surface area (Å²) in [4.78, 5) is 0. The lowest BCUT2D eigenvalue weighted by molar-refractivity contribution is 0.318. The van der Waals surface area contributed by atoms with Gasteiger partial charge < -0.3 is 5.21 Å². The zero-order chi connectivity index (χ0) is 7.44. The predicted octanol–water partition coefficient (Wildman–Crippen LogP) is 1.19. The fourth-order valence-electron chi connectivity index (χ4n) is 0.237. The normalized spacial score (nSPS) is 10.4. The third-order valence-electron chi connectivity index (χ3n) is 0.645. The van der Waals surface area contributed by atoms with E-state index in [-0.39, 0.29) is 0 Å². The Morgan fingerprint density at radius 1 is 1.11 bits per heavy atom. The first-order valence-electron chi connectivity index (χ1n) is 2.03. The quantitative estimate of drug-likeness (QED) is 0.150. The zero-order valence-electron chi connectivity index (χ0n) is 4.34. The summed E-state index contributed by atoms with van der Waals surface area (Å²) < 4.78 is -0.815. The van der Waals surface area contributed by atoms with Crippen LogP contribution >= 0.6 is 50.5 Å². The highest BCUT2D eigenvalue weighted by molar-refractivity contribution is 8.03. The molecule has 0 aromatic carbocycles. The van der Waals surface area contributed by atoms with Crippen LogP contribution in [0.2, 0.25) is 0 Å². The Balaban J connectivity index is 4.01. The molecule has 0 aliphatic carbocycles. The van der Waals surface area contributed by atoms with Gasteiger partial charge >= 0.3 is 0 Å². The molecule has 0 atom stereocenters. The molecule has 2 nitrogen and oxygen atoms in total. The first kappa shape index (κ1) is 9.87. The van der Waals surface area contributed by atoms with Crippen LogP contribution in [0.25, 0.3) is 0 Å². The van der Waals surface area contributed by atoms with Crippen molar-refractivity contribution in [1.82, 2.24) is 0 Å². The fraction of sp³-hybridized carbons (Fsp3) is 0.667. The maximum atomic E-state index is 8.26. The van der Waals surface area contributed by atoms with Crippen molar-refractivity contribution >= 4 is 56.2 Å². The van der Waals surface area contributed by atoms with Gasteiger partial charge in [-0.2, -0.15) is 50.5 Å². The van der Waals surface area contributed by atoms with Crippen molar-refractivity contribution in [3.63, 3.8) is 0 Å². The summed E-state index contributed by atoms with van der Waals surface area (Å²) in [5.41, 5.74) is 0.327. The molecule has 0 aliphatic rings. The van der Waals surface area contributed by atoms with E-state index < -0.39 is 9.16 Å². The Morgan fingerprint density at radius 2 is 1.44 bits per heavy atom. The standard InChI is InChI=1S/C3H7NOS4/c5-4-1(2(6)7)3(8)9/h2-3,5-9H. The van der Waals surface area contributed by atoms with Gasteiger partial charge in [0.1, 0.15) is 5.71 Å². The second-order valence-electron chi connectivity index (χ2n) is 1.27. The summed E-state index contributed by atoms with van der Waals surface area (Å²) >= 11 is 15.6. The molecule has 0 rings (SSSR count). The van der Waals surface area contributed by atoms with Crippen molar-refractivity contribution < 1.29 is 5.21 Å². The fourth-order valence-corrected chi connectivity index (χ4v) is 1.51. The topological polar surface area (TPSA) is 32.6 Å². The number of hydrogen-bond acceptors (Lipinski definition) is 6. The number of thiol groups is 4. The lowest BCUT2D eigenvalue weighted by atomic mass is 10.5. The molecule has 0 spiro atoms. The lowest BCUT2D eigenvalue weighted by Crippen LogP contribution is -2.16. The van der Waals surface area contributed by atoms with E-state index in [0.29, 0.717) is 5.71 Å². The molecule has 54 valence electrons. The number of hydrogen-bond donors (Lipinski definition) is 5. The van der Waals surface area contributed by atoms with Crippen molar-refractivity contribution in [1.29, 1.82) is 0 Å². The van der Waals surface area contributed by atoms with Crippen LogP contribution in [0.3, 0.4) is 0 Å². The molecule has 0 radical (unpaired) electrons. The maximum Gasteiger partial charge on any atom is 0.102 e. The Hall–Kier alpha value is 0.870. The van der Waals surface area contributed by atoms with Crippen LogP contribution < -0.4 is 0 Å². The molecule has 0 aromatic heterocycles. The van der Waals surface area contributed by atoms with E-state index >= 15 is 0 Å². The Kier molecular flexibility index (Phi) is 5.10. The molecule has 0 bridgehead atoms. The average Bonchev–Trinajstić information content (AvgIpc) is 1.64. The molecule has 0 aromatic rings. The van der Waals surface area contributed by atoms with E-state index in [1.54, 1.807) is 0 Å². The van der Waals surface area contributed by atoms with E-state index in [1.165, 1.54) is 0 Å². The molecule has 0 saturated heterocycles. The molecule has 0 amide bonds. The highest BCUT2D eigenvalue weighted by atomic mass is 32.2. The predicted molar refractivity (Wildman–Crippen MR) is 52.7 cm³/mol. The highest BCUT2D eigenvalue weighted by Gasteiger charge is 2.12. The van der Waals surface area contributed by atoms with Crippen molar-refractivity contribution in [3.05, 3.63) is 0 Å². The minimum absolute atomic E-state index is 0.327. The lowest BCUT2D eigenvalue weighted by Gasteiger charge is -2.07. The molecule has 9 heavy (non-hydrogen) atoms. The second-order valence-corrected chi connectivity index (χ2v) is 4.15. The van der Waals surface area contributed by atoms with Gasteiger partial charge in [0.25, 0.3) is 0 Å². The third kappa shape index (κ3) is 3.54. The Labute approximate surface area is 75.7 Å². The molecule has 0 unspecified atom stereocenters. The summed E-state index contributed by atoms with van der Waals surface area (Å²) in [5, 5.41) is 11.2. The van der Waals surface area contributed by atoms with Gasteiger partial charge in [0.2, 0.25) is 0 Å². The number of nitrogens with zero attached hydrogens (tertiary/aromatic N) is 1. The van der Waals surface area contributed by atoms with Gasteiger partial charge in [0.05, 0.1) is 9.16 Å². The molecular weight excluding hydrogens is 194 g/mol. The first-order valence-corrected chi connectivity index (χ1v) is 4.10. The number of oxime groups is 1. The second kappa shape index (κ2) is 4.65. The van der Waals surface area contributed by atoms with Gasteiger partial charge in [-0.1, -0.05) is 5.16 Å². The van der Waals surface area contributed by atoms with Crippen LogP contribution in [0.4, 0.5) is 0 Å². The van der Waals surface area contributed by atoms with Crippen LogP contribution in [0.1, 0.15) is 0 Å². The van der Waals surface area contributed by atoms with Crippen molar-refractivity contribution in [2.45, 2.75) is 9.16 Å². The van der Waals surface area contributed by atoms with Crippen LogP contribution in [0, 0.1) is 0 Å². The van der Waals surface area contributed by atoms with E-state index in [2.05, 4.69) is 55.7 Å². The van der Waals surface area contributed by atoms with Crippen LogP contribution in [0.5, 0.6) is 0 Å². The van der Waals surface area contributed by atoms with Gasteiger partial charge in [-0.15, -0.1) is 0 Å². The van der Waals surface area contributed by atoms with Crippen molar-refractivity contribution in [3.8, 4) is 0 Å². The largest absolute Gasteiger partial charge is 0.411 e. The molecule has 0 aliphatic heterocycles. The van der Waals surface area contributed by atoms with E-state index in [9.17, 15) is 0 Å². The summed E-state index contributed by atoms with van der Waals surface area (Å²) in [6.07, 6.45) is 0. The summed E-state index contributed by atoms with van der Waals surface area (Å²) in [5.74, 6) is 0. The average molecular weight is 201 g/mol. The molecule has 1 N–H and O–H groups in total. The molecule has 6 heteroatoms. The van der Waals surface area contributed by atoms with E-state index in [0.717, 1.165) is 0 Å². The van der Waals surface area contributed by atoms with Crippen LogP contribution in [0.15, 0.2) is 5.16 Å². The SMILES string of the molecule is ON=C(C(S)S)C(S)S. The van der Waals surface area contributed by atoms with Gasteiger partial charge in [0.15, 0.2) is 0 Å². The van der Waals surface area contributed by atoms with Gasteiger partial charge in [-0.05, 0) is 0 Å². The Morgan fingerprint density at radius 3 is 1.44 bits per heavy atom. The minimum atomic E-state index is -0.407. The maximum absolute atomic E-state index is 8.26. The highest BCUT2D eigenvalue weighted by Crippen LogP contribution is 2.12. The molecular formula is C3H7NOS4. The minimum Gasteiger partial charge on any atom is -0.411 e.